The molecule has 0 N–H and O–H groups in total. The number of halogens is 3. The van der Waals surface area contributed by atoms with Gasteiger partial charge in [-0.2, -0.15) is 13.2 Å². The van der Waals surface area contributed by atoms with E-state index in [1.165, 1.54) is 6.92 Å². The van der Waals surface area contributed by atoms with Crippen molar-refractivity contribution in [2.24, 2.45) is 0 Å². The van der Waals surface area contributed by atoms with Gasteiger partial charge in [0.1, 0.15) is 6.54 Å². The quantitative estimate of drug-likeness (QED) is 0.676. The molecule has 0 saturated carbocycles. The van der Waals surface area contributed by atoms with Crippen LogP contribution in [0.4, 0.5) is 18.0 Å². The number of alkyl halides is 3. The van der Waals surface area contributed by atoms with E-state index in [2.05, 4.69) is 5.32 Å². The van der Waals surface area contributed by atoms with Crippen molar-refractivity contribution in [3.8, 4) is 0 Å². The Kier molecular flexibility index (Phi) is 4.58. The third-order valence-corrected chi connectivity index (χ3v) is 1.32. The fourth-order valence-corrected chi connectivity index (χ4v) is 0.766. The van der Waals surface area contributed by atoms with Crippen LogP contribution in [0.1, 0.15) is 13.8 Å². The number of hydrogen-bond acceptors (Lipinski definition) is 1. The summed E-state index contributed by atoms with van der Waals surface area (Å²) >= 11 is 0. The molecule has 0 aromatic heterocycles. The summed E-state index contributed by atoms with van der Waals surface area (Å²) in [6, 6.07) is -0.803. The highest BCUT2D eigenvalue weighted by molar-refractivity contribution is 5.73. The van der Waals surface area contributed by atoms with Gasteiger partial charge in [-0.3, -0.25) is 0 Å². The van der Waals surface area contributed by atoms with Crippen LogP contribution in [0.3, 0.4) is 0 Å². The first kappa shape index (κ1) is 12.1. The van der Waals surface area contributed by atoms with Crippen molar-refractivity contribution < 1.29 is 18.0 Å². The van der Waals surface area contributed by atoms with Crippen LogP contribution in [0, 0.1) is 0 Å². The standard InChI is InChI=1S/C7H12F3N2O/c1-3-11-6(13)12(4-2)5-7(8,9)10/h3-5H2,1-2H3. The van der Waals surface area contributed by atoms with Gasteiger partial charge in [0.25, 0.3) is 0 Å². The molecular weight excluding hydrogens is 185 g/mol. The van der Waals surface area contributed by atoms with Crippen LogP contribution in [-0.4, -0.2) is 36.7 Å². The van der Waals surface area contributed by atoms with Crippen molar-refractivity contribution in [3.63, 3.8) is 0 Å². The number of carbonyl (C=O) groups is 1. The summed E-state index contributed by atoms with van der Waals surface area (Å²) in [4.78, 5) is 11.6. The van der Waals surface area contributed by atoms with E-state index in [4.69, 9.17) is 0 Å². The molecule has 0 rings (SSSR count). The first-order valence-corrected chi connectivity index (χ1v) is 3.93. The van der Waals surface area contributed by atoms with Crippen molar-refractivity contribution in [1.82, 2.24) is 10.2 Å². The number of urea groups is 1. The first-order valence-electron chi connectivity index (χ1n) is 3.93. The molecule has 0 bridgehead atoms. The highest BCUT2D eigenvalue weighted by atomic mass is 19.4. The Bertz CT molecular complexity index is 170. The molecule has 77 valence electrons. The lowest BCUT2D eigenvalue weighted by molar-refractivity contribution is -0.139. The molecule has 0 heterocycles. The van der Waals surface area contributed by atoms with E-state index in [0.717, 1.165) is 0 Å². The van der Waals surface area contributed by atoms with E-state index in [0.29, 0.717) is 4.90 Å². The van der Waals surface area contributed by atoms with Gasteiger partial charge in [0.15, 0.2) is 0 Å². The van der Waals surface area contributed by atoms with Gasteiger partial charge in [-0.1, -0.05) is 0 Å². The zero-order valence-corrected chi connectivity index (χ0v) is 7.56. The smallest absolute Gasteiger partial charge is 0.314 e. The molecule has 0 unspecified atom stereocenters. The molecule has 0 atom stereocenters. The lowest BCUT2D eigenvalue weighted by Gasteiger charge is -2.20. The van der Waals surface area contributed by atoms with Gasteiger partial charge < -0.3 is 4.90 Å². The molecule has 1 radical (unpaired) electrons. The number of carbonyl (C=O) groups excluding carboxylic acids is 1. The van der Waals surface area contributed by atoms with E-state index in [9.17, 15) is 18.0 Å². The van der Waals surface area contributed by atoms with E-state index in [1.807, 2.05) is 0 Å². The lowest BCUT2D eigenvalue weighted by atomic mass is 10.5. The highest BCUT2D eigenvalue weighted by Gasteiger charge is 2.32. The summed E-state index contributed by atoms with van der Waals surface area (Å²) in [5.41, 5.74) is 0. The Balaban J connectivity index is 4.10. The molecule has 0 fully saturated rings. The largest absolute Gasteiger partial charge is 0.406 e. The Morgan fingerprint density at radius 3 is 2.23 bits per heavy atom. The Labute approximate surface area is 74.9 Å². The van der Waals surface area contributed by atoms with Crippen LogP contribution in [0.5, 0.6) is 0 Å². The average Bonchev–Trinajstić information content (AvgIpc) is 1.99. The molecule has 2 amide bonds. The minimum atomic E-state index is -4.35. The van der Waals surface area contributed by atoms with Crippen molar-refractivity contribution in [3.05, 3.63) is 0 Å². The van der Waals surface area contributed by atoms with Crippen LogP contribution >= 0.6 is 0 Å². The van der Waals surface area contributed by atoms with Crippen LogP contribution < -0.4 is 5.32 Å². The maximum absolute atomic E-state index is 11.9. The molecule has 6 heteroatoms. The molecule has 0 spiro atoms. The summed E-state index contributed by atoms with van der Waals surface area (Å²) in [7, 11) is 0. The minimum absolute atomic E-state index is 0.0157. The molecule has 0 aliphatic heterocycles. The average molecular weight is 197 g/mol. The summed E-state index contributed by atoms with van der Waals surface area (Å²) in [6.07, 6.45) is -4.35. The van der Waals surface area contributed by atoms with Gasteiger partial charge in [-0.05, 0) is 13.8 Å². The monoisotopic (exact) mass is 197 g/mol. The highest BCUT2D eigenvalue weighted by Crippen LogP contribution is 2.16. The molecule has 0 saturated heterocycles. The van der Waals surface area contributed by atoms with E-state index in [1.54, 1.807) is 6.92 Å². The second-order valence-electron chi connectivity index (χ2n) is 2.39. The molecular formula is C7H12F3N2O. The SMILES string of the molecule is CC[N]C(=O)N(CC)CC(F)(F)F. The number of hydrogen-bond donors (Lipinski definition) is 0. The fourth-order valence-electron chi connectivity index (χ4n) is 0.766. The number of amides is 2. The van der Waals surface area contributed by atoms with Gasteiger partial charge in [-0.15, -0.1) is 0 Å². The van der Waals surface area contributed by atoms with Crippen molar-refractivity contribution in [2.45, 2.75) is 20.0 Å². The maximum Gasteiger partial charge on any atom is 0.406 e. The van der Waals surface area contributed by atoms with Crippen molar-refractivity contribution >= 4 is 6.03 Å². The maximum atomic E-state index is 11.9. The second-order valence-corrected chi connectivity index (χ2v) is 2.39. The number of nitrogens with zero attached hydrogens (tertiary/aromatic N) is 2. The summed E-state index contributed by atoms with van der Waals surface area (Å²) in [5.74, 6) is 0. The predicted molar refractivity (Wildman–Crippen MR) is 41.4 cm³/mol. The molecule has 0 aliphatic rings. The van der Waals surface area contributed by atoms with Crippen LogP contribution in [0.15, 0.2) is 0 Å². The van der Waals surface area contributed by atoms with E-state index in [-0.39, 0.29) is 13.1 Å². The van der Waals surface area contributed by atoms with Gasteiger partial charge in [-0.25, -0.2) is 10.1 Å². The Morgan fingerprint density at radius 1 is 1.38 bits per heavy atom. The molecule has 0 aromatic rings. The second kappa shape index (κ2) is 4.94. The number of rotatable bonds is 3. The zero-order valence-electron chi connectivity index (χ0n) is 7.56. The minimum Gasteiger partial charge on any atom is -0.314 e. The lowest BCUT2D eigenvalue weighted by Crippen LogP contribution is -2.41. The molecule has 3 nitrogen and oxygen atoms in total. The predicted octanol–water partition coefficient (Wildman–Crippen LogP) is 1.61. The Morgan fingerprint density at radius 2 is 1.92 bits per heavy atom. The third kappa shape index (κ3) is 5.32. The Hall–Kier alpha value is -0.940. The van der Waals surface area contributed by atoms with Gasteiger partial charge in [0, 0.05) is 13.1 Å². The molecule has 13 heavy (non-hydrogen) atoms. The summed E-state index contributed by atoms with van der Waals surface area (Å²) in [5, 5.41) is 3.37. The summed E-state index contributed by atoms with van der Waals surface area (Å²) in [6.45, 7) is 2.06. The van der Waals surface area contributed by atoms with E-state index < -0.39 is 18.8 Å². The van der Waals surface area contributed by atoms with Gasteiger partial charge in [0.2, 0.25) is 0 Å². The molecule has 0 aromatic carbocycles. The van der Waals surface area contributed by atoms with Gasteiger partial charge >= 0.3 is 12.2 Å². The summed E-state index contributed by atoms with van der Waals surface area (Å²) < 4.78 is 35.6. The van der Waals surface area contributed by atoms with Crippen LogP contribution in [0.2, 0.25) is 0 Å². The zero-order chi connectivity index (χ0) is 10.5. The molecule has 0 aliphatic carbocycles. The fraction of sp³-hybridized carbons (Fsp3) is 0.857. The first-order chi connectivity index (χ1) is 5.90. The van der Waals surface area contributed by atoms with Crippen molar-refractivity contribution in [1.29, 1.82) is 0 Å². The third-order valence-electron chi connectivity index (χ3n) is 1.32. The van der Waals surface area contributed by atoms with Crippen LogP contribution in [0.25, 0.3) is 0 Å². The van der Waals surface area contributed by atoms with Gasteiger partial charge in [0.05, 0.1) is 0 Å². The van der Waals surface area contributed by atoms with Crippen LogP contribution in [-0.2, 0) is 0 Å². The van der Waals surface area contributed by atoms with E-state index >= 15 is 0 Å². The topological polar surface area (TPSA) is 34.4 Å². The van der Waals surface area contributed by atoms with Crippen molar-refractivity contribution in [2.75, 3.05) is 19.6 Å². The normalized spacial score (nSPS) is 11.2.